The van der Waals surface area contributed by atoms with Crippen molar-refractivity contribution in [2.75, 3.05) is 5.32 Å². The number of nitrogens with one attached hydrogen (secondary N) is 1. The minimum Gasteiger partial charge on any atom is -0.375 e. The van der Waals surface area contributed by atoms with Crippen molar-refractivity contribution in [2.24, 2.45) is 0 Å². The molecule has 136 valence electrons. The Morgan fingerprint density at radius 1 is 1.15 bits per heavy atom. The molecule has 0 aliphatic rings. The number of aromatic nitrogens is 5. The van der Waals surface area contributed by atoms with Crippen LogP contribution in [0.3, 0.4) is 0 Å². The lowest BCUT2D eigenvalue weighted by atomic mass is 10.2. The monoisotopic (exact) mass is 400 g/mol. The van der Waals surface area contributed by atoms with Gasteiger partial charge in [0, 0.05) is 11.2 Å². The van der Waals surface area contributed by atoms with Gasteiger partial charge in [-0.15, -0.1) is 10.2 Å². The van der Waals surface area contributed by atoms with Gasteiger partial charge in [-0.25, -0.2) is 0 Å². The zero-order valence-electron chi connectivity index (χ0n) is 14.2. The Bertz CT molecular complexity index is 1200. The molecule has 0 saturated carbocycles. The zero-order valence-corrected chi connectivity index (χ0v) is 15.7. The highest BCUT2D eigenvalue weighted by Crippen LogP contribution is 2.21. The molecular weight excluding hydrogens is 387 g/mol. The Kier molecular flexibility index (Phi) is 4.55. The molecule has 0 atom stereocenters. The second-order valence-electron chi connectivity index (χ2n) is 5.92. The van der Waals surface area contributed by atoms with Gasteiger partial charge in [0.15, 0.2) is 11.5 Å². The van der Waals surface area contributed by atoms with E-state index in [2.05, 4.69) is 20.6 Å². The number of halogens is 2. The maximum atomic E-state index is 12.6. The van der Waals surface area contributed by atoms with E-state index in [1.165, 1.54) is 10.9 Å². The Morgan fingerprint density at radius 3 is 2.81 bits per heavy atom. The van der Waals surface area contributed by atoms with Gasteiger partial charge < -0.3 is 5.32 Å². The van der Waals surface area contributed by atoms with Gasteiger partial charge in [0.1, 0.15) is 5.02 Å². The van der Waals surface area contributed by atoms with Crippen molar-refractivity contribution in [3.05, 3.63) is 80.6 Å². The first kappa shape index (κ1) is 17.5. The lowest BCUT2D eigenvalue weighted by Crippen LogP contribution is -2.23. The highest BCUT2D eigenvalue weighted by atomic mass is 35.5. The van der Waals surface area contributed by atoms with Crippen LogP contribution in [0.25, 0.3) is 11.3 Å². The zero-order chi connectivity index (χ0) is 19.0. The van der Waals surface area contributed by atoms with Crippen LogP contribution in [0.5, 0.6) is 0 Å². The van der Waals surface area contributed by atoms with Crippen molar-refractivity contribution >= 4 is 34.5 Å². The third-order valence-electron chi connectivity index (χ3n) is 4.14. The summed E-state index contributed by atoms with van der Waals surface area (Å²) in [4.78, 5) is 12.6. The van der Waals surface area contributed by atoms with E-state index in [0.717, 1.165) is 11.2 Å². The molecule has 0 aliphatic heterocycles. The van der Waals surface area contributed by atoms with Gasteiger partial charge in [-0.3, -0.25) is 9.20 Å². The van der Waals surface area contributed by atoms with Crippen molar-refractivity contribution in [3.63, 3.8) is 0 Å². The third-order valence-corrected chi connectivity index (χ3v) is 4.91. The molecule has 0 aliphatic carbocycles. The van der Waals surface area contributed by atoms with Crippen molar-refractivity contribution in [3.8, 4) is 5.69 Å². The van der Waals surface area contributed by atoms with Gasteiger partial charge >= 0.3 is 0 Å². The van der Waals surface area contributed by atoms with E-state index in [9.17, 15) is 4.79 Å². The van der Waals surface area contributed by atoms with Gasteiger partial charge in [-0.1, -0.05) is 35.3 Å². The highest BCUT2D eigenvalue weighted by molar-refractivity contribution is 6.33. The largest absolute Gasteiger partial charge is 0.375 e. The molecule has 1 N–H and O–H groups in total. The summed E-state index contributed by atoms with van der Waals surface area (Å²) in [5.74, 6) is 0.691. The molecule has 3 aromatic heterocycles. The molecule has 9 heteroatoms. The Balaban J connectivity index is 1.62. The van der Waals surface area contributed by atoms with E-state index in [-0.39, 0.29) is 5.02 Å². The topological polar surface area (TPSA) is 77.1 Å². The fourth-order valence-electron chi connectivity index (χ4n) is 2.64. The molecule has 4 rings (SSSR count). The maximum Gasteiger partial charge on any atom is 0.292 e. The second-order valence-corrected chi connectivity index (χ2v) is 6.71. The first-order valence-corrected chi connectivity index (χ1v) is 8.87. The van der Waals surface area contributed by atoms with E-state index >= 15 is 0 Å². The summed E-state index contributed by atoms with van der Waals surface area (Å²) in [6, 6.07) is 10.9. The molecule has 0 radical (unpaired) electrons. The third kappa shape index (κ3) is 3.27. The Hall–Kier alpha value is -2.90. The van der Waals surface area contributed by atoms with Crippen LogP contribution in [0.15, 0.2) is 53.6 Å². The van der Waals surface area contributed by atoms with Gasteiger partial charge in [0.25, 0.3) is 5.56 Å². The molecule has 4 aromatic rings. The Morgan fingerprint density at radius 2 is 2.00 bits per heavy atom. The molecule has 0 saturated heterocycles. The van der Waals surface area contributed by atoms with Crippen molar-refractivity contribution < 1.29 is 0 Å². The summed E-state index contributed by atoms with van der Waals surface area (Å²) in [7, 11) is 0. The minimum atomic E-state index is -0.437. The number of aryl methyl sites for hydroxylation is 1. The van der Waals surface area contributed by atoms with Crippen LogP contribution in [-0.4, -0.2) is 24.4 Å². The van der Waals surface area contributed by atoms with Crippen molar-refractivity contribution in [2.45, 2.75) is 13.5 Å². The molecule has 0 spiro atoms. The van der Waals surface area contributed by atoms with Crippen LogP contribution < -0.4 is 10.9 Å². The number of hydrogen-bond acceptors (Lipinski definition) is 5. The quantitative estimate of drug-likeness (QED) is 0.567. The van der Waals surface area contributed by atoms with E-state index in [1.54, 1.807) is 12.1 Å². The molecular formula is C18H14Cl2N6O. The molecule has 0 amide bonds. The number of benzene rings is 1. The van der Waals surface area contributed by atoms with E-state index < -0.39 is 5.56 Å². The first-order valence-electron chi connectivity index (χ1n) is 8.11. The van der Waals surface area contributed by atoms with Crippen molar-refractivity contribution in [1.29, 1.82) is 0 Å². The average Bonchev–Trinajstić information content (AvgIpc) is 3.09. The summed E-state index contributed by atoms with van der Waals surface area (Å²) in [6.45, 7) is 2.23. The molecule has 0 bridgehead atoms. The molecule has 0 fully saturated rings. The smallest absolute Gasteiger partial charge is 0.292 e. The fourth-order valence-corrected chi connectivity index (χ4v) is 3.01. The van der Waals surface area contributed by atoms with E-state index in [0.29, 0.717) is 28.8 Å². The fraction of sp³-hybridized carbons (Fsp3) is 0.111. The van der Waals surface area contributed by atoms with Crippen LogP contribution >= 0.6 is 23.2 Å². The molecule has 0 unspecified atom stereocenters. The first-order chi connectivity index (χ1) is 13.0. The second kappa shape index (κ2) is 7.02. The van der Waals surface area contributed by atoms with Gasteiger partial charge in [0.2, 0.25) is 0 Å². The maximum absolute atomic E-state index is 12.6. The average molecular weight is 401 g/mol. The number of pyridine rings is 1. The van der Waals surface area contributed by atoms with Gasteiger partial charge in [-0.05, 0) is 36.8 Å². The van der Waals surface area contributed by atoms with Crippen LogP contribution in [0.2, 0.25) is 10.0 Å². The Labute approximate surface area is 164 Å². The van der Waals surface area contributed by atoms with Crippen LogP contribution in [0.1, 0.15) is 11.4 Å². The van der Waals surface area contributed by atoms with Crippen LogP contribution in [0, 0.1) is 6.92 Å². The number of fused-ring (bicyclic) bond motifs is 1. The highest BCUT2D eigenvalue weighted by Gasteiger charge is 2.12. The lowest BCUT2D eigenvalue weighted by molar-refractivity contribution is 0.805. The summed E-state index contributed by atoms with van der Waals surface area (Å²) in [5, 5.41) is 16.1. The van der Waals surface area contributed by atoms with E-state index in [1.807, 2.05) is 41.8 Å². The van der Waals surface area contributed by atoms with Crippen LogP contribution in [-0.2, 0) is 6.54 Å². The SMILES string of the molecule is Cc1ccc(-n2ncc(NCc3nnc4ccccn34)c(Cl)c2=O)cc1Cl. The van der Waals surface area contributed by atoms with Gasteiger partial charge in [-0.2, -0.15) is 9.78 Å². The van der Waals surface area contributed by atoms with E-state index in [4.69, 9.17) is 23.2 Å². The summed E-state index contributed by atoms with van der Waals surface area (Å²) in [5.41, 5.74) is 2.19. The summed E-state index contributed by atoms with van der Waals surface area (Å²) < 4.78 is 3.06. The summed E-state index contributed by atoms with van der Waals surface area (Å²) in [6.07, 6.45) is 3.37. The number of anilines is 1. The number of rotatable bonds is 4. The molecule has 27 heavy (non-hydrogen) atoms. The number of nitrogens with zero attached hydrogens (tertiary/aromatic N) is 5. The summed E-state index contributed by atoms with van der Waals surface area (Å²) >= 11 is 12.4. The standard InChI is InChI=1S/C18H14Cl2N6O/c1-11-5-6-12(8-13(11)19)26-18(27)17(20)14(9-22-26)21-10-16-24-23-15-4-2-3-7-25(15)16/h2-9,21H,10H2,1H3. The molecule has 3 heterocycles. The van der Waals surface area contributed by atoms with Gasteiger partial charge in [0.05, 0.1) is 24.1 Å². The van der Waals surface area contributed by atoms with Crippen LogP contribution in [0.4, 0.5) is 5.69 Å². The minimum absolute atomic E-state index is 0.0375. The number of hydrogen-bond donors (Lipinski definition) is 1. The lowest BCUT2D eigenvalue weighted by Gasteiger charge is -2.10. The molecule has 7 nitrogen and oxygen atoms in total. The predicted molar refractivity (Wildman–Crippen MR) is 105 cm³/mol. The molecule has 1 aromatic carbocycles. The normalized spacial score (nSPS) is 11.1. The predicted octanol–water partition coefficient (Wildman–Crippen LogP) is 3.50. The van der Waals surface area contributed by atoms with Crippen molar-refractivity contribution in [1.82, 2.24) is 24.4 Å².